The van der Waals surface area contributed by atoms with Crippen LogP contribution in [0.4, 0.5) is 0 Å². The molecule has 3 heterocycles. The molecule has 4 heteroatoms. The molecule has 2 fully saturated rings. The second kappa shape index (κ2) is 4.78. The highest BCUT2D eigenvalue weighted by atomic mass is 32.2. The number of nitrogens with zero attached hydrogens (tertiary/aromatic N) is 1. The van der Waals surface area contributed by atoms with Crippen LogP contribution in [-0.2, 0) is 4.79 Å². The molecule has 3 aliphatic rings. The molecule has 1 aromatic rings. The highest BCUT2D eigenvalue weighted by molar-refractivity contribution is 7.99. The Morgan fingerprint density at radius 3 is 3.10 bits per heavy atom. The Balaban J connectivity index is 1.62. The smallest absolute Gasteiger partial charge is 0.231 e. The van der Waals surface area contributed by atoms with E-state index < -0.39 is 0 Å². The second-order valence-electron chi connectivity index (χ2n) is 6.22. The largest absolute Gasteiger partial charge is 0.335 e. The van der Waals surface area contributed by atoms with Crippen molar-refractivity contribution >= 4 is 17.7 Å². The van der Waals surface area contributed by atoms with E-state index in [0.717, 1.165) is 25.3 Å². The van der Waals surface area contributed by atoms with Gasteiger partial charge in [-0.3, -0.25) is 4.79 Å². The summed E-state index contributed by atoms with van der Waals surface area (Å²) in [5.41, 5.74) is 1.24. The average Bonchev–Trinajstić information content (AvgIpc) is 3.11. The van der Waals surface area contributed by atoms with Gasteiger partial charge in [-0.05, 0) is 30.9 Å². The quantitative estimate of drug-likeness (QED) is 0.859. The third-order valence-corrected chi connectivity index (χ3v) is 6.22. The first-order valence-corrected chi connectivity index (χ1v) is 8.49. The molecule has 20 heavy (non-hydrogen) atoms. The highest BCUT2D eigenvalue weighted by Crippen LogP contribution is 2.42. The number of benzene rings is 1. The fourth-order valence-corrected chi connectivity index (χ4v) is 5.31. The molecule has 0 bridgehead atoms. The molecule has 0 aliphatic carbocycles. The molecule has 4 rings (SSSR count). The Labute approximate surface area is 124 Å². The van der Waals surface area contributed by atoms with Crippen molar-refractivity contribution in [3.05, 3.63) is 29.8 Å². The van der Waals surface area contributed by atoms with Crippen molar-refractivity contribution < 1.29 is 4.79 Å². The van der Waals surface area contributed by atoms with Crippen LogP contribution in [-0.4, -0.2) is 41.7 Å². The Morgan fingerprint density at radius 2 is 2.20 bits per heavy atom. The molecule has 0 aromatic heterocycles. The molecule has 1 aromatic carbocycles. The number of carbonyl (C=O) groups excluding carboxylic acids is 1. The minimum absolute atomic E-state index is 0.0676. The van der Waals surface area contributed by atoms with Gasteiger partial charge in [0.25, 0.3) is 0 Å². The molecule has 2 saturated heterocycles. The normalized spacial score (nSPS) is 35.1. The molecule has 4 unspecified atom stereocenters. The van der Waals surface area contributed by atoms with E-state index in [9.17, 15) is 4.79 Å². The van der Waals surface area contributed by atoms with E-state index in [1.807, 2.05) is 11.8 Å². The van der Waals surface area contributed by atoms with E-state index in [1.165, 1.54) is 10.5 Å². The van der Waals surface area contributed by atoms with Crippen molar-refractivity contribution in [1.29, 1.82) is 0 Å². The zero-order chi connectivity index (χ0) is 13.7. The monoisotopic (exact) mass is 288 g/mol. The zero-order valence-electron chi connectivity index (χ0n) is 11.7. The van der Waals surface area contributed by atoms with Gasteiger partial charge >= 0.3 is 0 Å². The summed E-state index contributed by atoms with van der Waals surface area (Å²) < 4.78 is 0. The number of fused-ring (bicyclic) bond motifs is 2. The first-order valence-electron chi connectivity index (χ1n) is 7.50. The van der Waals surface area contributed by atoms with E-state index in [0.29, 0.717) is 23.9 Å². The Kier molecular flexibility index (Phi) is 3.04. The van der Waals surface area contributed by atoms with Crippen LogP contribution in [0.25, 0.3) is 0 Å². The molecule has 106 valence electrons. The lowest BCUT2D eigenvalue weighted by Crippen LogP contribution is -2.45. The van der Waals surface area contributed by atoms with E-state index in [1.54, 1.807) is 0 Å². The third-order valence-electron chi connectivity index (χ3n) is 5.03. The molecule has 3 nitrogen and oxygen atoms in total. The Morgan fingerprint density at radius 1 is 1.35 bits per heavy atom. The molecule has 3 aliphatic heterocycles. The predicted octanol–water partition coefficient (Wildman–Crippen LogP) is 2.08. The number of hydrogen-bond donors (Lipinski definition) is 1. The lowest BCUT2D eigenvalue weighted by atomic mass is 9.99. The van der Waals surface area contributed by atoms with E-state index >= 15 is 0 Å². The second-order valence-corrected chi connectivity index (χ2v) is 7.28. The van der Waals surface area contributed by atoms with Crippen molar-refractivity contribution in [3.63, 3.8) is 0 Å². The van der Waals surface area contributed by atoms with Crippen molar-refractivity contribution in [2.45, 2.75) is 36.2 Å². The standard InChI is InChI=1S/C16H20N2OS/c1-10-6-11-7-17-8-14(11)18(10)16(19)13-9-20-15-5-3-2-4-12(13)15/h2-5,10-11,13-14,17H,6-9H2,1H3. The summed E-state index contributed by atoms with van der Waals surface area (Å²) in [5, 5.41) is 3.44. The van der Waals surface area contributed by atoms with E-state index in [4.69, 9.17) is 0 Å². The maximum absolute atomic E-state index is 13.0. The van der Waals surface area contributed by atoms with Crippen LogP contribution in [0.2, 0.25) is 0 Å². The first kappa shape index (κ1) is 12.7. The SMILES string of the molecule is CC1CC2CNCC2N1C(=O)C1CSc2ccccc21. The van der Waals surface area contributed by atoms with Gasteiger partial charge in [0.1, 0.15) is 0 Å². The summed E-state index contributed by atoms with van der Waals surface area (Å²) in [6.07, 6.45) is 1.16. The van der Waals surface area contributed by atoms with Crippen molar-refractivity contribution in [1.82, 2.24) is 10.2 Å². The number of hydrogen-bond acceptors (Lipinski definition) is 3. The van der Waals surface area contributed by atoms with Gasteiger partial charge in [-0.15, -0.1) is 11.8 Å². The number of carbonyl (C=O) groups is 1. The maximum Gasteiger partial charge on any atom is 0.231 e. The van der Waals surface area contributed by atoms with E-state index in [-0.39, 0.29) is 5.92 Å². The number of rotatable bonds is 1. The van der Waals surface area contributed by atoms with Gasteiger partial charge in [0.05, 0.1) is 5.92 Å². The van der Waals surface area contributed by atoms with Gasteiger partial charge in [-0.2, -0.15) is 0 Å². The summed E-state index contributed by atoms with van der Waals surface area (Å²) in [7, 11) is 0. The minimum Gasteiger partial charge on any atom is -0.335 e. The van der Waals surface area contributed by atoms with Gasteiger partial charge in [0, 0.05) is 35.8 Å². The average molecular weight is 288 g/mol. The van der Waals surface area contributed by atoms with Crippen LogP contribution >= 0.6 is 11.8 Å². The van der Waals surface area contributed by atoms with Gasteiger partial charge < -0.3 is 10.2 Å². The van der Waals surface area contributed by atoms with Crippen LogP contribution in [0.15, 0.2) is 29.2 Å². The molecule has 4 atom stereocenters. The van der Waals surface area contributed by atoms with Gasteiger partial charge in [-0.1, -0.05) is 18.2 Å². The fraction of sp³-hybridized carbons (Fsp3) is 0.562. The number of amides is 1. The zero-order valence-corrected chi connectivity index (χ0v) is 12.5. The molecular formula is C16H20N2OS. The predicted molar refractivity (Wildman–Crippen MR) is 81.0 cm³/mol. The number of likely N-dealkylation sites (tertiary alicyclic amines) is 1. The molecule has 0 spiro atoms. The summed E-state index contributed by atoms with van der Waals surface area (Å²) in [5.74, 6) is 1.99. The molecule has 1 N–H and O–H groups in total. The Hall–Kier alpha value is -1.00. The summed E-state index contributed by atoms with van der Waals surface area (Å²) in [6, 6.07) is 9.21. The van der Waals surface area contributed by atoms with Crippen molar-refractivity contribution in [2.75, 3.05) is 18.8 Å². The van der Waals surface area contributed by atoms with Gasteiger partial charge in [-0.25, -0.2) is 0 Å². The molecular weight excluding hydrogens is 268 g/mol. The third kappa shape index (κ3) is 1.81. The van der Waals surface area contributed by atoms with Crippen LogP contribution in [0.1, 0.15) is 24.8 Å². The van der Waals surface area contributed by atoms with Crippen molar-refractivity contribution in [3.8, 4) is 0 Å². The lowest BCUT2D eigenvalue weighted by Gasteiger charge is -2.30. The molecule has 0 radical (unpaired) electrons. The van der Waals surface area contributed by atoms with Crippen molar-refractivity contribution in [2.24, 2.45) is 5.92 Å². The van der Waals surface area contributed by atoms with Gasteiger partial charge in [0.2, 0.25) is 5.91 Å². The summed E-state index contributed by atoms with van der Waals surface area (Å²) in [4.78, 5) is 16.5. The topological polar surface area (TPSA) is 32.3 Å². The fourth-order valence-electron chi connectivity index (χ4n) is 4.09. The highest BCUT2D eigenvalue weighted by Gasteiger charge is 2.46. The molecule has 0 saturated carbocycles. The molecule has 1 amide bonds. The first-order chi connectivity index (χ1) is 9.75. The Bertz CT molecular complexity index is 547. The lowest BCUT2D eigenvalue weighted by molar-refractivity contribution is -0.134. The maximum atomic E-state index is 13.0. The van der Waals surface area contributed by atoms with Crippen LogP contribution in [0, 0.1) is 5.92 Å². The van der Waals surface area contributed by atoms with Gasteiger partial charge in [0.15, 0.2) is 0 Å². The number of thioether (sulfide) groups is 1. The van der Waals surface area contributed by atoms with Crippen LogP contribution < -0.4 is 5.32 Å². The summed E-state index contributed by atoms with van der Waals surface area (Å²) in [6.45, 7) is 4.27. The van der Waals surface area contributed by atoms with E-state index in [2.05, 4.69) is 41.4 Å². The minimum atomic E-state index is 0.0676. The van der Waals surface area contributed by atoms with Crippen LogP contribution in [0.3, 0.4) is 0 Å². The number of nitrogens with one attached hydrogen (secondary N) is 1. The van der Waals surface area contributed by atoms with Crippen LogP contribution in [0.5, 0.6) is 0 Å². The summed E-state index contributed by atoms with van der Waals surface area (Å²) >= 11 is 1.83.